The quantitative estimate of drug-likeness (QED) is 0.907. The van der Waals surface area contributed by atoms with Crippen LogP contribution in [0.5, 0.6) is 0 Å². The minimum atomic E-state index is -4.62. The van der Waals surface area contributed by atoms with E-state index in [-0.39, 0.29) is 23.5 Å². The molecule has 2 aliphatic rings. The first kappa shape index (κ1) is 16.1. The van der Waals surface area contributed by atoms with Gasteiger partial charge in [-0.15, -0.1) is 15.3 Å². The van der Waals surface area contributed by atoms with E-state index in [1.165, 1.54) is 6.07 Å². The van der Waals surface area contributed by atoms with Gasteiger partial charge in [-0.1, -0.05) is 0 Å². The molecule has 0 radical (unpaired) electrons. The first-order chi connectivity index (χ1) is 11.9. The first-order valence-corrected chi connectivity index (χ1v) is 8.27. The van der Waals surface area contributed by atoms with Crippen molar-refractivity contribution in [3.63, 3.8) is 0 Å². The Morgan fingerprint density at radius 2 is 2.00 bits per heavy atom. The van der Waals surface area contributed by atoms with Crippen LogP contribution in [0.15, 0.2) is 12.1 Å². The van der Waals surface area contributed by atoms with E-state index in [0.29, 0.717) is 18.9 Å². The van der Waals surface area contributed by atoms with Crippen LogP contribution in [0, 0.1) is 5.92 Å². The molecule has 2 aromatic rings. The van der Waals surface area contributed by atoms with Gasteiger partial charge in [-0.25, -0.2) is 0 Å². The summed E-state index contributed by atoms with van der Waals surface area (Å²) in [6.45, 7) is 1.21. The Morgan fingerprint density at radius 3 is 2.72 bits per heavy atom. The van der Waals surface area contributed by atoms with E-state index in [0.717, 1.165) is 30.2 Å². The molecule has 0 bridgehead atoms. The highest BCUT2D eigenvalue weighted by atomic mass is 19.4. The zero-order valence-electron chi connectivity index (χ0n) is 13.3. The molecular weight excluding hydrogens is 337 g/mol. The lowest BCUT2D eigenvalue weighted by Crippen LogP contribution is -2.48. The summed E-state index contributed by atoms with van der Waals surface area (Å²) in [7, 11) is 0. The molecule has 4 rings (SSSR count). The molecule has 0 spiro atoms. The summed E-state index contributed by atoms with van der Waals surface area (Å²) in [6.07, 6.45) is -1.04. The largest absolute Gasteiger partial charge is 0.453 e. The fourth-order valence-electron chi connectivity index (χ4n) is 3.09. The summed E-state index contributed by atoms with van der Waals surface area (Å²) in [6, 6.07) is 3.09. The van der Waals surface area contributed by atoms with Gasteiger partial charge in [-0.2, -0.15) is 17.7 Å². The molecule has 1 aliphatic carbocycles. The van der Waals surface area contributed by atoms with Crippen LogP contribution in [0.4, 0.5) is 19.0 Å². The number of alkyl halides is 3. The third-order valence-electron chi connectivity index (χ3n) is 4.54. The number of hydrogen-bond acceptors (Lipinski definition) is 5. The highest BCUT2D eigenvalue weighted by Gasteiger charge is 2.38. The number of piperidine rings is 1. The number of halogens is 3. The molecule has 1 unspecified atom stereocenters. The second-order valence-electron chi connectivity index (χ2n) is 6.55. The van der Waals surface area contributed by atoms with Gasteiger partial charge in [0.1, 0.15) is 5.82 Å². The highest BCUT2D eigenvalue weighted by molar-refractivity contribution is 5.81. The zero-order chi connectivity index (χ0) is 17.6. The Balaban J connectivity index is 1.54. The van der Waals surface area contributed by atoms with E-state index in [1.54, 1.807) is 6.07 Å². The van der Waals surface area contributed by atoms with Crippen molar-refractivity contribution in [2.45, 2.75) is 37.9 Å². The van der Waals surface area contributed by atoms with Crippen molar-refractivity contribution < 1.29 is 18.0 Å². The van der Waals surface area contributed by atoms with Gasteiger partial charge in [0, 0.05) is 25.0 Å². The molecular formula is C15H17F3N6O. The number of rotatable bonds is 3. The van der Waals surface area contributed by atoms with E-state index in [9.17, 15) is 18.0 Å². The summed E-state index contributed by atoms with van der Waals surface area (Å²) in [4.78, 5) is 13.8. The van der Waals surface area contributed by atoms with Gasteiger partial charge in [0.05, 0.1) is 0 Å². The molecule has 1 atom stereocenters. The summed E-state index contributed by atoms with van der Waals surface area (Å²) < 4.78 is 39.7. The predicted molar refractivity (Wildman–Crippen MR) is 81.9 cm³/mol. The standard InChI is InChI=1S/C15H17F3N6O/c16-15(17,18)14-21-20-11-5-6-12(22-24(11)14)23-7-1-2-10(8-23)19-13(25)9-3-4-9/h5-6,9-10H,1-4,7-8H2,(H,19,25). The van der Waals surface area contributed by atoms with Crippen LogP contribution in [0.25, 0.3) is 5.65 Å². The van der Waals surface area contributed by atoms with Crippen LogP contribution in [-0.2, 0) is 11.0 Å². The molecule has 25 heavy (non-hydrogen) atoms. The van der Waals surface area contributed by atoms with Gasteiger partial charge in [0.2, 0.25) is 5.91 Å². The molecule has 2 aromatic heterocycles. The Kier molecular flexibility index (Phi) is 3.77. The summed E-state index contributed by atoms with van der Waals surface area (Å²) >= 11 is 0. The van der Waals surface area contributed by atoms with Gasteiger partial charge in [-0.05, 0) is 37.8 Å². The Morgan fingerprint density at radius 1 is 1.20 bits per heavy atom. The van der Waals surface area contributed by atoms with Gasteiger partial charge in [-0.3, -0.25) is 4.79 Å². The van der Waals surface area contributed by atoms with Crippen LogP contribution in [0.3, 0.4) is 0 Å². The van der Waals surface area contributed by atoms with Crippen LogP contribution < -0.4 is 10.2 Å². The number of amides is 1. The molecule has 7 nitrogen and oxygen atoms in total. The minimum absolute atomic E-state index is 0.0117. The number of nitrogens with zero attached hydrogens (tertiary/aromatic N) is 5. The molecule has 1 saturated heterocycles. The highest BCUT2D eigenvalue weighted by Crippen LogP contribution is 2.30. The normalized spacial score (nSPS) is 21.6. The minimum Gasteiger partial charge on any atom is -0.353 e. The zero-order valence-corrected chi connectivity index (χ0v) is 13.3. The maximum Gasteiger partial charge on any atom is 0.453 e. The van der Waals surface area contributed by atoms with Crippen LogP contribution in [0.2, 0.25) is 0 Å². The van der Waals surface area contributed by atoms with Crippen molar-refractivity contribution in [2.24, 2.45) is 5.92 Å². The van der Waals surface area contributed by atoms with Crippen LogP contribution in [0.1, 0.15) is 31.5 Å². The van der Waals surface area contributed by atoms with Crippen molar-refractivity contribution in [2.75, 3.05) is 18.0 Å². The molecule has 3 heterocycles. The molecule has 134 valence electrons. The van der Waals surface area contributed by atoms with Gasteiger partial charge in [0.15, 0.2) is 5.65 Å². The van der Waals surface area contributed by atoms with Crippen molar-refractivity contribution >= 4 is 17.4 Å². The Bertz CT molecular complexity index is 800. The van der Waals surface area contributed by atoms with E-state index in [2.05, 4.69) is 20.6 Å². The fraction of sp³-hybridized carbons (Fsp3) is 0.600. The average Bonchev–Trinajstić information content (AvgIpc) is 3.33. The lowest BCUT2D eigenvalue weighted by Gasteiger charge is -2.33. The van der Waals surface area contributed by atoms with Gasteiger partial charge < -0.3 is 10.2 Å². The van der Waals surface area contributed by atoms with Crippen molar-refractivity contribution in [3.8, 4) is 0 Å². The summed E-state index contributed by atoms with van der Waals surface area (Å²) in [5, 5.41) is 13.8. The SMILES string of the molecule is O=C(NC1CCCN(c2ccc3nnc(C(F)(F)F)n3n2)C1)C1CC1. The number of aromatic nitrogens is 4. The van der Waals surface area contributed by atoms with Gasteiger partial charge >= 0.3 is 6.18 Å². The van der Waals surface area contributed by atoms with E-state index in [1.807, 2.05) is 4.90 Å². The summed E-state index contributed by atoms with van der Waals surface area (Å²) in [5.41, 5.74) is 0.0478. The molecule has 0 aromatic carbocycles. The number of anilines is 1. The molecule has 10 heteroatoms. The third-order valence-corrected chi connectivity index (χ3v) is 4.54. The summed E-state index contributed by atoms with van der Waals surface area (Å²) in [5.74, 6) is -0.507. The number of carbonyl (C=O) groups is 1. The maximum atomic E-state index is 13.0. The second-order valence-corrected chi connectivity index (χ2v) is 6.55. The molecule has 2 fully saturated rings. The Hall–Kier alpha value is -2.39. The van der Waals surface area contributed by atoms with Gasteiger partial charge in [0.25, 0.3) is 5.82 Å². The molecule has 1 saturated carbocycles. The van der Waals surface area contributed by atoms with E-state index < -0.39 is 12.0 Å². The average molecular weight is 354 g/mol. The topological polar surface area (TPSA) is 75.4 Å². The first-order valence-electron chi connectivity index (χ1n) is 8.27. The third kappa shape index (κ3) is 3.24. The van der Waals surface area contributed by atoms with E-state index in [4.69, 9.17) is 0 Å². The van der Waals surface area contributed by atoms with Crippen molar-refractivity contribution in [3.05, 3.63) is 18.0 Å². The number of nitrogens with one attached hydrogen (secondary N) is 1. The van der Waals surface area contributed by atoms with Crippen molar-refractivity contribution in [1.29, 1.82) is 0 Å². The van der Waals surface area contributed by atoms with E-state index >= 15 is 0 Å². The fourth-order valence-corrected chi connectivity index (χ4v) is 3.09. The lowest BCUT2D eigenvalue weighted by atomic mass is 10.1. The van der Waals surface area contributed by atoms with Crippen LogP contribution >= 0.6 is 0 Å². The van der Waals surface area contributed by atoms with Crippen molar-refractivity contribution in [1.82, 2.24) is 25.1 Å². The lowest BCUT2D eigenvalue weighted by molar-refractivity contribution is -0.146. The number of carbonyl (C=O) groups excluding carboxylic acids is 1. The molecule has 1 amide bonds. The monoisotopic (exact) mass is 354 g/mol. The molecule has 1 aliphatic heterocycles. The smallest absolute Gasteiger partial charge is 0.353 e. The molecule has 1 N–H and O–H groups in total. The second kappa shape index (κ2) is 5.85. The van der Waals surface area contributed by atoms with Crippen LogP contribution in [-0.4, -0.2) is 44.8 Å². The predicted octanol–water partition coefficient (Wildman–Crippen LogP) is 1.64. The number of fused-ring (bicyclic) bond motifs is 1. The maximum absolute atomic E-state index is 13.0. The Labute approximate surface area is 141 Å². The number of hydrogen-bond donors (Lipinski definition) is 1.